The van der Waals surface area contributed by atoms with Crippen molar-refractivity contribution in [1.82, 2.24) is 9.97 Å². The number of rotatable bonds is 4. The van der Waals surface area contributed by atoms with Crippen LogP contribution in [0.3, 0.4) is 0 Å². The topological polar surface area (TPSA) is 62.4 Å². The number of benzene rings is 3. The highest BCUT2D eigenvalue weighted by Gasteiger charge is 2.13. The minimum atomic E-state index is -0.0770. The summed E-state index contributed by atoms with van der Waals surface area (Å²) in [5, 5.41) is 5.36. The SMILES string of the molecule is C[C@H]([NH2+]Cc1nc2ccccc2c(=O)[nH]1)c1cccc2ccccc12. The molecule has 0 unspecified atom stereocenters. The zero-order valence-electron chi connectivity index (χ0n) is 14.1. The van der Waals surface area contributed by atoms with Gasteiger partial charge in [-0.3, -0.25) is 4.79 Å². The van der Waals surface area contributed by atoms with Crippen molar-refractivity contribution in [3.63, 3.8) is 0 Å². The number of quaternary nitrogens is 1. The van der Waals surface area contributed by atoms with E-state index in [1.54, 1.807) is 6.07 Å². The van der Waals surface area contributed by atoms with Crippen molar-refractivity contribution in [2.24, 2.45) is 0 Å². The van der Waals surface area contributed by atoms with Crippen LogP contribution in [0.5, 0.6) is 0 Å². The summed E-state index contributed by atoms with van der Waals surface area (Å²) in [6, 6.07) is 22.5. The van der Waals surface area contributed by atoms with E-state index in [0.29, 0.717) is 17.8 Å². The molecule has 0 radical (unpaired) electrons. The molecule has 4 nitrogen and oxygen atoms in total. The number of nitrogens with two attached hydrogens (primary N) is 1. The number of nitrogens with one attached hydrogen (secondary N) is 1. The minimum Gasteiger partial charge on any atom is -0.334 e. The van der Waals surface area contributed by atoms with Gasteiger partial charge in [0, 0.05) is 5.56 Å². The van der Waals surface area contributed by atoms with Crippen molar-refractivity contribution in [2.75, 3.05) is 0 Å². The van der Waals surface area contributed by atoms with Gasteiger partial charge in [0.05, 0.1) is 10.9 Å². The molecule has 0 spiro atoms. The first-order chi connectivity index (χ1) is 12.2. The predicted molar refractivity (Wildman–Crippen MR) is 100 cm³/mol. The number of fused-ring (bicyclic) bond motifs is 2. The largest absolute Gasteiger partial charge is 0.334 e. The van der Waals surface area contributed by atoms with Crippen LogP contribution in [0.2, 0.25) is 0 Å². The molecule has 0 aliphatic carbocycles. The lowest BCUT2D eigenvalue weighted by atomic mass is 10.00. The first-order valence-corrected chi connectivity index (χ1v) is 8.51. The summed E-state index contributed by atoms with van der Waals surface area (Å²) in [4.78, 5) is 19.7. The van der Waals surface area contributed by atoms with Crippen molar-refractivity contribution >= 4 is 21.7 Å². The zero-order valence-corrected chi connectivity index (χ0v) is 14.1. The number of aromatic amines is 1. The molecule has 124 valence electrons. The lowest BCUT2D eigenvalue weighted by Crippen LogP contribution is -2.83. The molecule has 1 aromatic heterocycles. The minimum absolute atomic E-state index is 0.0770. The van der Waals surface area contributed by atoms with Gasteiger partial charge in [0.15, 0.2) is 5.82 Å². The molecule has 4 heteroatoms. The molecule has 0 bridgehead atoms. The van der Waals surface area contributed by atoms with Crippen LogP contribution in [0.25, 0.3) is 21.7 Å². The average Bonchev–Trinajstić information content (AvgIpc) is 2.66. The molecule has 3 aromatic carbocycles. The quantitative estimate of drug-likeness (QED) is 0.604. The summed E-state index contributed by atoms with van der Waals surface area (Å²) in [6.45, 7) is 2.81. The van der Waals surface area contributed by atoms with Gasteiger partial charge in [-0.05, 0) is 29.8 Å². The molecule has 4 rings (SSSR count). The second-order valence-electron chi connectivity index (χ2n) is 6.33. The summed E-state index contributed by atoms with van der Waals surface area (Å²) in [7, 11) is 0. The number of hydrogen-bond donors (Lipinski definition) is 2. The van der Waals surface area contributed by atoms with Gasteiger partial charge in [0.25, 0.3) is 5.56 Å². The van der Waals surface area contributed by atoms with E-state index in [-0.39, 0.29) is 11.6 Å². The fourth-order valence-electron chi connectivity index (χ4n) is 3.29. The molecule has 1 atom stereocenters. The standard InChI is InChI=1S/C21H19N3O/c1-14(16-11-6-8-15-7-2-3-9-17(15)16)22-13-20-23-19-12-5-4-10-18(19)21(25)24-20/h2-12,14,22H,13H2,1H3,(H,23,24,25)/p+1/t14-/m0/s1. The summed E-state index contributed by atoms with van der Waals surface area (Å²) >= 11 is 0. The second kappa shape index (κ2) is 6.49. The molecule has 1 heterocycles. The molecule has 0 amide bonds. The maximum Gasteiger partial charge on any atom is 0.258 e. The van der Waals surface area contributed by atoms with Gasteiger partial charge in [-0.1, -0.05) is 54.6 Å². The molecule has 0 aliphatic heterocycles. The average molecular weight is 330 g/mol. The van der Waals surface area contributed by atoms with E-state index in [4.69, 9.17) is 0 Å². The van der Waals surface area contributed by atoms with E-state index in [2.05, 4.69) is 64.7 Å². The van der Waals surface area contributed by atoms with E-state index >= 15 is 0 Å². The third-order valence-corrected chi connectivity index (χ3v) is 4.64. The van der Waals surface area contributed by atoms with Crippen molar-refractivity contribution in [3.05, 3.63) is 88.5 Å². The van der Waals surface area contributed by atoms with E-state index < -0.39 is 0 Å². The Hall–Kier alpha value is -2.98. The Morgan fingerprint density at radius 2 is 1.68 bits per heavy atom. The van der Waals surface area contributed by atoms with Gasteiger partial charge in [-0.2, -0.15) is 0 Å². The molecular formula is C21H20N3O+. The molecule has 0 saturated carbocycles. The number of hydrogen-bond acceptors (Lipinski definition) is 2. The normalized spacial score (nSPS) is 12.5. The lowest BCUT2D eigenvalue weighted by molar-refractivity contribution is -0.708. The Labute approximate surface area is 145 Å². The van der Waals surface area contributed by atoms with Gasteiger partial charge in [-0.25, -0.2) is 4.98 Å². The van der Waals surface area contributed by atoms with Crippen molar-refractivity contribution in [3.8, 4) is 0 Å². The predicted octanol–water partition coefficient (Wildman–Crippen LogP) is 2.90. The summed E-state index contributed by atoms with van der Waals surface area (Å²) in [5.74, 6) is 0.704. The van der Waals surface area contributed by atoms with Crippen molar-refractivity contribution in [2.45, 2.75) is 19.5 Å². The third kappa shape index (κ3) is 3.04. The molecule has 3 N–H and O–H groups in total. The highest BCUT2D eigenvalue weighted by Crippen LogP contribution is 2.22. The Kier molecular flexibility index (Phi) is 4.04. The molecular weight excluding hydrogens is 310 g/mol. The van der Waals surface area contributed by atoms with Crippen LogP contribution < -0.4 is 10.9 Å². The van der Waals surface area contributed by atoms with Crippen LogP contribution >= 0.6 is 0 Å². The van der Waals surface area contributed by atoms with Gasteiger partial charge >= 0.3 is 0 Å². The van der Waals surface area contributed by atoms with Crippen molar-refractivity contribution in [1.29, 1.82) is 0 Å². The van der Waals surface area contributed by atoms with E-state index in [1.807, 2.05) is 18.2 Å². The van der Waals surface area contributed by atoms with E-state index in [9.17, 15) is 4.79 Å². The van der Waals surface area contributed by atoms with E-state index in [1.165, 1.54) is 16.3 Å². The highest BCUT2D eigenvalue weighted by atomic mass is 16.1. The smallest absolute Gasteiger partial charge is 0.258 e. The molecule has 0 aliphatic rings. The first-order valence-electron chi connectivity index (χ1n) is 8.51. The fourth-order valence-corrected chi connectivity index (χ4v) is 3.29. The van der Waals surface area contributed by atoms with Crippen LogP contribution in [0.4, 0.5) is 0 Å². The summed E-state index contributed by atoms with van der Waals surface area (Å²) in [6.07, 6.45) is 0. The highest BCUT2D eigenvalue weighted by molar-refractivity contribution is 5.85. The molecule has 4 aromatic rings. The molecule has 0 fully saturated rings. The number of para-hydroxylation sites is 1. The Morgan fingerprint density at radius 1 is 0.960 bits per heavy atom. The number of H-pyrrole nitrogens is 1. The maximum atomic E-state index is 12.2. The number of aromatic nitrogens is 2. The maximum absolute atomic E-state index is 12.2. The third-order valence-electron chi connectivity index (χ3n) is 4.64. The van der Waals surface area contributed by atoms with Crippen LogP contribution in [-0.4, -0.2) is 9.97 Å². The van der Waals surface area contributed by atoms with Gasteiger partial charge in [0.1, 0.15) is 12.6 Å². The fraction of sp³-hybridized carbons (Fsp3) is 0.143. The van der Waals surface area contributed by atoms with Crippen molar-refractivity contribution < 1.29 is 5.32 Å². The Balaban J connectivity index is 1.59. The van der Waals surface area contributed by atoms with Crippen LogP contribution in [0.15, 0.2) is 71.5 Å². The van der Waals surface area contributed by atoms with Gasteiger partial charge < -0.3 is 10.3 Å². The monoisotopic (exact) mass is 330 g/mol. The molecule has 25 heavy (non-hydrogen) atoms. The second-order valence-corrected chi connectivity index (χ2v) is 6.33. The van der Waals surface area contributed by atoms with E-state index in [0.717, 1.165) is 5.52 Å². The van der Waals surface area contributed by atoms with Gasteiger partial charge in [0.2, 0.25) is 0 Å². The van der Waals surface area contributed by atoms with Crippen LogP contribution in [-0.2, 0) is 6.54 Å². The Morgan fingerprint density at radius 3 is 2.56 bits per heavy atom. The summed E-state index contributed by atoms with van der Waals surface area (Å²) in [5.41, 5.74) is 1.96. The van der Waals surface area contributed by atoms with Crippen LogP contribution in [0.1, 0.15) is 24.4 Å². The first kappa shape index (κ1) is 15.5. The van der Waals surface area contributed by atoms with Gasteiger partial charge in [-0.15, -0.1) is 0 Å². The lowest BCUT2D eigenvalue weighted by Gasteiger charge is -2.13. The molecule has 0 saturated heterocycles. The summed E-state index contributed by atoms with van der Waals surface area (Å²) < 4.78 is 0. The Bertz CT molecular complexity index is 1100. The zero-order chi connectivity index (χ0) is 17.2. The number of nitrogens with zero attached hydrogens (tertiary/aromatic N) is 1. The van der Waals surface area contributed by atoms with Crippen LogP contribution in [0, 0.1) is 0 Å².